The lowest BCUT2D eigenvalue weighted by Crippen LogP contribution is -2.27. The molecule has 3 nitrogen and oxygen atoms in total. The summed E-state index contributed by atoms with van der Waals surface area (Å²) in [7, 11) is 0. The predicted octanol–water partition coefficient (Wildman–Crippen LogP) is 2.82. The van der Waals surface area contributed by atoms with Crippen LogP contribution < -0.4 is 5.32 Å². The molecule has 0 saturated carbocycles. The smallest absolute Gasteiger partial charge is 0.135 e. The monoisotopic (exact) mass is 263 g/mol. The lowest BCUT2D eigenvalue weighted by Gasteiger charge is -2.20. The van der Waals surface area contributed by atoms with Gasteiger partial charge in [0.25, 0.3) is 0 Å². The quantitative estimate of drug-likeness (QED) is 0.874. The van der Waals surface area contributed by atoms with E-state index >= 15 is 0 Å². The first-order valence-corrected chi connectivity index (χ1v) is 6.45. The van der Waals surface area contributed by atoms with E-state index in [9.17, 15) is 8.78 Å². The van der Waals surface area contributed by atoms with Crippen LogP contribution in [0.3, 0.4) is 0 Å². The van der Waals surface area contributed by atoms with Crippen LogP contribution >= 0.6 is 0 Å². The van der Waals surface area contributed by atoms with Crippen molar-refractivity contribution in [3.05, 3.63) is 41.9 Å². The molecule has 1 aromatic heterocycles. The molecule has 0 radical (unpaired) electrons. The summed E-state index contributed by atoms with van der Waals surface area (Å²) in [6, 6.07) is 3.58. The summed E-state index contributed by atoms with van der Waals surface area (Å²) in [6.45, 7) is 1.96. The molecule has 2 N–H and O–H groups in total. The maximum atomic E-state index is 13.7. The first-order chi connectivity index (χ1) is 9.24. The van der Waals surface area contributed by atoms with Crippen LogP contribution in [0.5, 0.6) is 0 Å². The number of halogens is 2. The molecule has 1 fully saturated rings. The second-order valence-corrected chi connectivity index (χ2v) is 4.83. The van der Waals surface area contributed by atoms with Gasteiger partial charge in [0.1, 0.15) is 17.5 Å². The summed E-state index contributed by atoms with van der Waals surface area (Å²) < 4.78 is 26.6. The van der Waals surface area contributed by atoms with Gasteiger partial charge in [0, 0.05) is 17.5 Å². The van der Waals surface area contributed by atoms with E-state index in [1.165, 1.54) is 12.1 Å². The van der Waals surface area contributed by atoms with Crippen molar-refractivity contribution in [1.82, 2.24) is 15.3 Å². The molecule has 19 heavy (non-hydrogen) atoms. The van der Waals surface area contributed by atoms with Gasteiger partial charge in [0.2, 0.25) is 0 Å². The number of imidazole rings is 1. The molecular weight excluding hydrogens is 248 g/mol. The van der Waals surface area contributed by atoms with Gasteiger partial charge in [-0.3, -0.25) is 0 Å². The summed E-state index contributed by atoms with van der Waals surface area (Å²) in [5.41, 5.74) is 0.958. The van der Waals surface area contributed by atoms with Crippen LogP contribution in [0.25, 0.3) is 11.3 Å². The van der Waals surface area contributed by atoms with Gasteiger partial charge in [-0.2, -0.15) is 0 Å². The zero-order chi connectivity index (χ0) is 13.2. The van der Waals surface area contributed by atoms with Crippen LogP contribution in [0.15, 0.2) is 24.4 Å². The maximum absolute atomic E-state index is 13.7. The van der Waals surface area contributed by atoms with Crippen molar-refractivity contribution in [3.8, 4) is 11.3 Å². The minimum atomic E-state index is -0.570. The molecule has 1 aromatic carbocycles. The van der Waals surface area contributed by atoms with Crippen LogP contribution in [0.2, 0.25) is 0 Å². The Morgan fingerprint density at radius 3 is 2.68 bits per heavy atom. The van der Waals surface area contributed by atoms with Crippen molar-refractivity contribution >= 4 is 0 Å². The highest BCUT2D eigenvalue weighted by molar-refractivity contribution is 5.59. The largest absolute Gasteiger partial charge is 0.342 e. The Bertz CT molecular complexity index is 574. The lowest BCUT2D eigenvalue weighted by atomic mass is 9.98. The number of nitrogens with one attached hydrogen (secondary N) is 2. The van der Waals surface area contributed by atoms with Crippen molar-refractivity contribution in [1.29, 1.82) is 0 Å². The van der Waals surface area contributed by atoms with E-state index in [0.29, 0.717) is 17.2 Å². The number of hydrogen-bond donors (Lipinski definition) is 2. The van der Waals surface area contributed by atoms with Crippen LogP contribution in [0.4, 0.5) is 8.78 Å². The number of H-pyrrole nitrogens is 1. The Morgan fingerprint density at radius 1 is 1.16 bits per heavy atom. The summed E-state index contributed by atoms with van der Waals surface area (Å²) in [6.07, 6.45) is 3.67. The normalized spacial score (nSPS) is 16.7. The molecule has 3 rings (SSSR count). The molecule has 2 aromatic rings. The first-order valence-electron chi connectivity index (χ1n) is 6.45. The van der Waals surface area contributed by atoms with Crippen LogP contribution in [-0.4, -0.2) is 23.1 Å². The SMILES string of the molecule is Fc1ccc(-c2cnc(C3CCNCC3)[nH]2)c(F)c1. The van der Waals surface area contributed by atoms with Gasteiger partial charge in [-0.05, 0) is 38.1 Å². The number of piperidine rings is 1. The Morgan fingerprint density at radius 2 is 1.95 bits per heavy atom. The van der Waals surface area contributed by atoms with E-state index < -0.39 is 11.6 Å². The molecule has 1 saturated heterocycles. The molecule has 100 valence electrons. The van der Waals surface area contributed by atoms with Gasteiger partial charge in [-0.15, -0.1) is 0 Å². The Balaban J connectivity index is 1.87. The molecule has 2 heterocycles. The van der Waals surface area contributed by atoms with E-state index in [1.54, 1.807) is 6.20 Å². The molecule has 0 aliphatic carbocycles. The van der Waals surface area contributed by atoms with Crippen LogP contribution in [0.1, 0.15) is 24.6 Å². The molecule has 0 unspecified atom stereocenters. The first kappa shape index (κ1) is 12.3. The van der Waals surface area contributed by atoms with E-state index in [-0.39, 0.29) is 0 Å². The molecule has 0 spiro atoms. The van der Waals surface area contributed by atoms with Crippen molar-refractivity contribution in [3.63, 3.8) is 0 Å². The van der Waals surface area contributed by atoms with Crippen molar-refractivity contribution < 1.29 is 8.78 Å². The fraction of sp³-hybridized carbons (Fsp3) is 0.357. The minimum Gasteiger partial charge on any atom is -0.342 e. The highest BCUT2D eigenvalue weighted by Crippen LogP contribution is 2.27. The summed E-state index contributed by atoms with van der Waals surface area (Å²) in [5, 5.41) is 3.29. The summed E-state index contributed by atoms with van der Waals surface area (Å²) in [4.78, 5) is 7.49. The molecule has 1 aliphatic rings. The van der Waals surface area contributed by atoms with Gasteiger partial charge in [-0.1, -0.05) is 0 Å². The number of benzene rings is 1. The van der Waals surface area contributed by atoms with Crippen LogP contribution in [0, 0.1) is 11.6 Å². The van der Waals surface area contributed by atoms with E-state index in [2.05, 4.69) is 15.3 Å². The fourth-order valence-electron chi connectivity index (χ4n) is 2.48. The molecule has 0 amide bonds. The molecule has 0 bridgehead atoms. The highest BCUT2D eigenvalue weighted by Gasteiger charge is 2.19. The topological polar surface area (TPSA) is 40.7 Å². The highest BCUT2D eigenvalue weighted by atomic mass is 19.1. The Hall–Kier alpha value is -1.75. The number of nitrogens with zero attached hydrogens (tertiary/aromatic N) is 1. The molecule has 1 aliphatic heterocycles. The Kier molecular flexibility index (Phi) is 3.29. The number of hydrogen-bond acceptors (Lipinski definition) is 2. The zero-order valence-corrected chi connectivity index (χ0v) is 10.4. The van der Waals surface area contributed by atoms with Crippen molar-refractivity contribution in [2.45, 2.75) is 18.8 Å². The van der Waals surface area contributed by atoms with E-state index in [0.717, 1.165) is 37.8 Å². The maximum Gasteiger partial charge on any atom is 0.135 e. The minimum absolute atomic E-state index is 0.356. The third kappa shape index (κ3) is 2.51. The summed E-state index contributed by atoms with van der Waals surface area (Å²) in [5.74, 6) is 0.138. The lowest BCUT2D eigenvalue weighted by molar-refractivity contribution is 0.447. The van der Waals surface area contributed by atoms with E-state index in [1.807, 2.05) is 0 Å². The number of aromatic amines is 1. The molecule has 0 atom stereocenters. The van der Waals surface area contributed by atoms with Gasteiger partial charge in [0.15, 0.2) is 0 Å². The van der Waals surface area contributed by atoms with Crippen LogP contribution in [-0.2, 0) is 0 Å². The predicted molar refractivity (Wildman–Crippen MR) is 68.8 cm³/mol. The Labute approximate surface area is 110 Å². The zero-order valence-electron chi connectivity index (χ0n) is 10.4. The van der Waals surface area contributed by atoms with Gasteiger partial charge in [-0.25, -0.2) is 13.8 Å². The second-order valence-electron chi connectivity index (χ2n) is 4.83. The van der Waals surface area contributed by atoms with Gasteiger partial charge < -0.3 is 10.3 Å². The number of rotatable bonds is 2. The average Bonchev–Trinajstić information content (AvgIpc) is 2.89. The molecular formula is C14H15F2N3. The van der Waals surface area contributed by atoms with Crippen molar-refractivity contribution in [2.24, 2.45) is 0 Å². The average molecular weight is 263 g/mol. The standard InChI is InChI=1S/C14H15F2N3/c15-10-1-2-11(12(16)7-10)13-8-18-14(19-13)9-3-5-17-6-4-9/h1-2,7-9,17H,3-6H2,(H,18,19). The third-order valence-corrected chi connectivity index (χ3v) is 3.54. The van der Waals surface area contributed by atoms with Gasteiger partial charge in [0.05, 0.1) is 11.9 Å². The second kappa shape index (κ2) is 5.09. The fourth-order valence-corrected chi connectivity index (χ4v) is 2.48. The van der Waals surface area contributed by atoms with Gasteiger partial charge >= 0.3 is 0 Å². The molecule has 5 heteroatoms. The third-order valence-electron chi connectivity index (χ3n) is 3.54. The van der Waals surface area contributed by atoms with E-state index in [4.69, 9.17) is 0 Å². The number of aromatic nitrogens is 2. The summed E-state index contributed by atoms with van der Waals surface area (Å²) >= 11 is 0. The van der Waals surface area contributed by atoms with Crippen molar-refractivity contribution in [2.75, 3.05) is 13.1 Å².